The van der Waals surface area contributed by atoms with E-state index in [-0.39, 0.29) is 10.5 Å². The number of carbonyl (C=O) groups excluding carboxylic acids is 2. The van der Waals surface area contributed by atoms with Gasteiger partial charge in [-0.2, -0.15) is 0 Å². The standard InChI is InChI=1S/C13H25N4O6PS3/c1-13(2)8-21-24(25,22-9-13)17(6)27(20)16(5)12(19)23-14-10(26-7)11(18)15(3)4/h8-9H2,1-7H3/b14-10-. The molecular weight excluding hydrogens is 435 g/mol. The van der Waals surface area contributed by atoms with Gasteiger partial charge >= 0.3 is 6.09 Å². The molecule has 0 aromatic carbocycles. The molecule has 2 amide bonds. The maximum Gasteiger partial charge on any atom is 0.448 e. The fourth-order valence-electron chi connectivity index (χ4n) is 1.57. The number of rotatable bonds is 4. The van der Waals surface area contributed by atoms with Crippen LogP contribution < -0.4 is 0 Å². The number of hydrogen-bond donors (Lipinski definition) is 0. The molecule has 1 rings (SSSR count). The van der Waals surface area contributed by atoms with Crippen LogP contribution in [-0.2, 0) is 41.7 Å². The maximum atomic E-state index is 12.6. The highest BCUT2D eigenvalue weighted by molar-refractivity contribution is 8.15. The van der Waals surface area contributed by atoms with E-state index in [4.69, 9.17) is 25.7 Å². The molecule has 0 aliphatic carbocycles. The monoisotopic (exact) mass is 460 g/mol. The second-order valence-corrected chi connectivity index (χ2v) is 12.6. The zero-order valence-electron chi connectivity index (χ0n) is 16.3. The van der Waals surface area contributed by atoms with Crippen LogP contribution in [0.15, 0.2) is 5.16 Å². The molecule has 14 heteroatoms. The SMILES string of the molecule is CS/C(=N\OC(=O)N(C)S(=O)N(C)P1(=S)OCC(C)(C)CO1)C(=O)N(C)C. The molecule has 10 nitrogen and oxygen atoms in total. The highest BCUT2D eigenvalue weighted by Crippen LogP contribution is 2.57. The summed E-state index contributed by atoms with van der Waals surface area (Å²) in [4.78, 5) is 30.0. The minimum Gasteiger partial charge on any atom is -0.343 e. The number of thioether (sulfide) groups is 1. The van der Waals surface area contributed by atoms with Crippen LogP contribution in [0.1, 0.15) is 13.8 Å². The van der Waals surface area contributed by atoms with Gasteiger partial charge in [0.2, 0.25) is 16.2 Å². The molecule has 1 aliphatic heterocycles. The molecule has 0 radical (unpaired) electrons. The average molecular weight is 461 g/mol. The second-order valence-electron chi connectivity index (χ2n) is 6.53. The van der Waals surface area contributed by atoms with Crippen LogP contribution in [0.5, 0.6) is 0 Å². The van der Waals surface area contributed by atoms with Gasteiger partial charge in [0.05, 0.1) is 13.2 Å². The average Bonchev–Trinajstić information content (AvgIpc) is 2.62. The van der Waals surface area contributed by atoms with E-state index in [1.807, 2.05) is 13.8 Å². The third-order valence-electron chi connectivity index (χ3n) is 3.29. The lowest BCUT2D eigenvalue weighted by Crippen LogP contribution is -2.40. The molecule has 1 saturated heterocycles. The van der Waals surface area contributed by atoms with Crippen LogP contribution in [0.3, 0.4) is 0 Å². The van der Waals surface area contributed by atoms with Gasteiger partial charge in [0, 0.05) is 33.6 Å². The Kier molecular flexibility index (Phi) is 8.86. The summed E-state index contributed by atoms with van der Waals surface area (Å²) in [7, 11) is 5.80. The summed E-state index contributed by atoms with van der Waals surface area (Å²) in [6.07, 6.45) is 0.603. The molecule has 27 heavy (non-hydrogen) atoms. The van der Waals surface area contributed by atoms with Crippen molar-refractivity contribution in [2.45, 2.75) is 13.8 Å². The highest BCUT2D eigenvalue weighted by Gasteiger charge is 2.40. The third kappa shape index (κ3) is 6.48. The number of nitrogens with zero attached hydrogens (tertiary/aromatic N) is 4. The molecule has 1 unspecified atom stereocenters. The first-order valence-electron chi connectivity index (χ1n) is 7.68. The van der Waals surface area contributed by atoms with Gasteiger partial charge < -0.3 is 13.9 Å². The van der Waals surface area contributed by atoms with E-state index < -0.39 is 29.8 Å². The van der Waals surface area contributed by atoms with Crippen molar-refractivity contribution in [1.29, 1.82) is 0 Å². The fraction of sp³-hybridized carbons (Fsp3) is 0.769. The van der Waals surface area contributed by atoms with Crippen LogP contribution in [0.2, 0.25) is 0 Å². The summed E-state index contributed by atoms with van der Waals surface area (Å²) in [6.45, 7) is 1.64. The predicted octanol–water partition coefficient (Wildman–Crippen LogP) is 1.63. The molecule has 0 spiro atoms. The normalized spacial score (nSPS) is 20.1. The molecule has 1 atom stereocenters. The van der Waals surface area contributed by atoms with E-state index in [1.54, 1.807) is 20.4 Å². The lowest BCUT2D eigenvalue weighted by molar-refractivity contribution is -0.121. The van der Waals surface area contributed by atoms with Crippen molar-refractivity contribution in [1.82, 2.24) is 13.3 Å². The highest BCUT2D eigenvalue weighted by atomic mass is 32.5. The van der Waals surface area contributed by atoms with Crippen molar-refractivity contribution >= 4 is 58.4 Å². The van der Waals surface area contributed by atoms with Crippen LogP contribution in [0, 0.1) is 5.41 Å². The number of hydrogen-bond acceptors (Lipinski definition) is 9. The van der Waals surface area contributed by atoms with E-state index in [0.29, 0.717) is 13.2 Å². The molecule has 156 valence electrons. The Labute approximate surface area is 171 Å². The molecular formula is C13H25N4O6PS3. The summed E-state index contributed by atoms with van der Waals surface area (Å²) in [5, 5.41) is 3.52. The van der Waals surface area contributed by atoms with Crippen LogP contribution in [-0.4, -0.2) is 82.2 Å². The van der Waals surface area contributed by atoms with E-state index >= 15 is 0 Å². The molecule has 1 heterocycles. The van der Waals surface area contributed by atoms with Crippen molar-refractivity contribution in [3.63, 3.8) is 0 Å². The van der Waals surface area contributed by atoms with Gasteiger partial charge in [-0.05, 0) is 18.1 Å². The Hall–Kier alpha value is -0.560. The molecule has 0 bridgehead atoms. The Morgan fingerprint density at radius 2 is 1.74 bits per heavy atom. The van der Waals surface area contributed by atoms with E-state index in [2.05, 4.69) is 5.16 Å². The van der Waals surface area contributed by atoms with Crippen LogP contribution >= 0.6 is 18.4 Å². The predicted molar refractivity (Wildman–Crippen MR) is 110 cm³/mol. The maximum absolute atomic E-state index is 12.6. The first-order chi connectivity index (χ1) is 12.3. The summed E-state index contributed by atoms with van der Waals surface area (Å²) in [5.41, 5.74) is -0.197. The van der Waals surface area contributed by atoms with Gasteiger partial charge in [0.15, 0.2) is 0 Å². The van der Waals surface area contributed by atoms with Crippen LogP contribution in [0.4, 0.5) is 4.79 Å². The summed E-state index contributed by atoms with van der Waals surface area (Å²) >= 11 is 4.39. The third-order valence-corrected chi connectivity index (χ3v) is 9.34. The lowest BCUT2D eigenvalue weighted by Gasteiger charge is -2.39. The largest absolute Gasteiger partial charge is 0.448 e. The van der Waals surface area contributed by atoms with Gasteiger partial charge in [0.25, 0.3) is 12.5 Å². The Balaban J connectivity index is 2.78. The fourth-order valence-corrected chi connectivity index (χ4v) is 6.11. The van der Waals surface area contributed by atoms with Gasteiger partial charge in [-0.1, -0.05) is 19.0 Å². The van der Waals surface area contributed by atoms with Crippen molar-refractivity contribution in [3.8, 4) is 0 Å². The van der Waals surface area contributed by atoms with Crippen molar-refractivity contribution in [2.24, 2.45) is 10.6 Å². The second kappa shape index (κ2) is 9.77. The first kappa shape index (κ1) is 24.5. The quantitative estimate of drug-likeness (QED) is 0.205. The topological polar surface area (TPSA) is 101 Å². The number of carbonyl (C=O) groups is 2. The molecule has 1 aliphatic rings. The first-order valence-corrected chi connectivity index (χ1v) is 12.6. The van der Waals surface area contributed by atoms with Crippen molar-refractivity contribution in [2.75, 3.05) is 47.7 Å². The Morgan fingerprint density at radius 3 is 2.19 bits per heavy atom. The van der Waals surface area contributed by atoms with E-state index in [0.717, 1.165) is 16.1 Å². The minimum absolute atomic E-state index is 0.0192. The zero-order valence-corrected chi connectivity index (χ0v) is 19.7. The summed E-state index contributed by atoms with van der Waals surface area (Å²) in [5.74, 6) is -0.418. The molecule has 0 aromatic heterocycles. The number of oxime groups is 1. The summed E-state index contributed by atoms with van der Waals surface area (Å²) in [6, 6.07) is 0. The smallest absolute Gasteiger partial charge is 0.343 e. The van der Waals surface area contributed by atoms with Gasteiger partial charge in [-0.25, -0.2) is 13.3 Å². The van der Waals surface area contributed by atoms with Gasteiger partial charge in [-0.15, -0.1) is 15.8 Å². The molecule has 0 saturated carbocycles. The van der Waals surface area contributed by atoms with Gasteiger partial charge in [-0.3, -0.25) is 9.63 Å². The van der Waals surface area contributed by atoms with Crippen molar-refractivity contribution in [3.05, 3.63) is 0 Å². The zero-order chi connectivity index (χ0) is 21.0. The van der Waals surface area contributed by atoms with Gasteiger partial charge in [0.1, 0.15) is 0 Å². The number of amides is 2. The lowest BCUT2D eigenvalue weighted by atomic mass is 9.97. The Bertz CT molecular complexity index is 673. The molecule has 0 aromatic rings. The van der Waals surface area contributed by atoms with Crippen molar-refractivity contribution < 1.29 is 27.7 Å². The summed E-state index contributed by atoms with van der Waals surface area (Å²) < 4.78 is 25.9. The van der Waals surface area contributed by atoms with Crippen LogP contribution in [0.25, 0.3) is 0 Å². The van der Waals surface area contributed by atoms with E-state index in [9.17, 15) is 13.8 Å². The molecule has 0 N–H and O–H groups in total. The van der Waals surface area contributed by atoms with E-state index in [1.165, 1.54) is 23.1 Å². The molecule has 1 fully saturated rings. The Morgan fingerprint density at radius 1 is 1.22 bits per heavy atom. The minimum atomic E-state index is -2.99.